The first-order chi connectivity index (χ1) is 8.74. The molecule has 1 saturated heterocycles. The molecule has 2 atom stereocenters. The Hall–Kier alpha value is -0.970. The van der Waals surface area contributed by atoms with Crippen LogP contribution < -0.4 is 0 Å². The summed E-state index contributed by atoms with van der Waals surface area (Å²) in [5, 5.41) is -0.172. The minimum absolute atomic E-state index is 0.105. The zero-order valence-corrected chi connectivity index (χ0v) is 11.0. The number of carbonyl (C=O) groups excluding carboxylic acids is 1. The Bertz CT molecular complexity index is 380. The summed E-state index contributed by atoms with van der Waals surface area (Å²) in [5.41, 5.74) is 1.16. The molecular formula is C14H17O3S-. The first-order valence-corrected chi connectivity index (χ1v) is 6.58. The van der Waals surface area contributed by atoms with Crippen molar-refractivity contribution in [3.63, 3.8) is 0 Å². The quantitative estimate of drug-likeness (QED) is 0.738. The highest BCUT2D eigenvalue weighted by molar-refractivity contribution is 7.77. The zero-order chi connectivity index (χ0) is 12.8. The lowest BCUT2D eigenvalue weighted by Crippen LogP contribution is -2.14. The highest BCUT2D eigenvalue weighted by atomic mass is 32.1. The first-order valence-electron chi connectivity index (χ1n) is 6.17. The Balaban J connectivity index is 1.65. The van der Waals surface area contributed by atoms with Crippen LogP contribution in [-0.2, 0) is 33.5 Å². The molecule has 1 heterocycles. The summed E-state index contributed by atoms with van der Waals surface area (Å²) in [6.07, 6.45) is 1.43. The van der Waals surface area contributed by atoms with E-state index in [1.807, 2.05) is 30.3 Å². The van der Waals surface area contributed by atoms with Crippen molar-refractivity contribution >= 4 is 17.7 Å². The number of hydrogen-bond donors (Lipinski definition) is 0. The first kappa shape index (κ1) is 13.5. The van der Waals surface area contributed by atoms with Gasteiger partial charge >= 0.3 is 0 Å². The molecule has 1 aromatic rings. The van der Waals surface area contributed by atoms with Gasteiger partial charge in [-0.15, -0.1) is 0 Å². The van der Waals surface area contributed by atoms with Crippen molar-refractivity contribution in [1.29, 1.82) is 0 Å². The normalized spacial score (nSPS) is 23.1. The van der Waals surface area contributed by atoms with Crippen LogP contribution in [0, 0.1) is 5.92 Å². The molecule has 1 aromatic carbocycles. The van der Waals surface area contributed by atoms with Crippen LogP contribution in [0.25, 0.3) is 0 Å². The van der Waals surface area contributed by atoms with Gasteiger partial charge in [0, 0.05) is 5.12 Å². The number of carbonyl (C=O) groups is 1. The van der Waals surface area contributed by atoms with Gasteiger partial charge in [0.25, 0.3) is 0 Å². The van der Waals surface area contributed by atoms with E-state index in [4.69, 9.17) is 9.47 Å². The summed E-state index contributed by atoms with van der Waals surface area (Å²) in [7, 11) is 0. The van der Waals surface area contributed by atoms with Gasteiger partial charge in [-0.3, -0.25) is 0 Å². The molecule has 2 rings (SSSR count). The van der Waals surface area contributed by atoms with Gasteiger partial charge in [-0.1, -0.05) is 30.3 Å². The van der Waals surface area contributed by atoms with Gasteiger partial charge in [-0.25, -0.2) is 0 Å². The van der Waals surface area contributed by atoms with Crippen LogP contribution in [0.1, 0.15) is 18.4 Å². The van der Waals surface area contributed by atoms with Gasteiger partial charge in [0.05, 0.1) is 25.9 Å². The summed E-state index contributed by atoms with van der Waals surface area (Å²) in [6.45, 7) is 1.81. The Morgan fingerprint density at radius 2 is 2.17 bits per heavy atom. The van der Waals surface area contributed by atoms with Crippen molar-refractivity contribution in [3.05, 3.63) is 35.9 Å². The molecule has 98 valence electrons. The van der Waals surface area contributed by atoms with E-state index in [1.165, 1.54) is 0 Å². The second-order valence-electron chi connectivity index (χ2n) is 4.63. The maximum absolute atomic E-state index is 10.8. The Morgan fingerprint density at radius 3 is 2.89 bits per heavy atom. The molecular weight excluding hydrogens is 248 g/mol. The van der Waals surface area contributed by atoms with E-state index in [9.17, 15) is 4.79 Å². The van der Waals surface area contributed by atoms with Crippen molar-refractivity contribution in [2.24, 2.45) is 5.92 Å². The maximum atomic E-state index is 10.8. The summed E-state index contributed by atoms with van der Waals surface area (Å²) in [4.78, 5) is 10.8. The molecule has 2 unspecified atom stereocenters. The van der Waals surface area contributed by atoms with E-state index < -0.39 is 0 Å². The molecule has 0 aliphatic carbocycles. The van der Waals surface area contributed by atoms with E-state index in [-0.39, 0.29) is 17.1 Å². The molecule has 0 saturated carbocycles. The average molecular weight is 265 g/mol. The minimum Gasteiger partial charge on any atom is -0.742 e. The minimum atomic E-state index is -0.172. The Labute approximate surface area is 113 Å². The SMILES string of the molecule is O=C([S-])CC1COC(COCc2ccccc2)C1. The molecule has 0 spiro atoms. The fourth-order valence-electron chi connectivity index (χ4n) is 2.16. The maximum Gasteiger partial charge on any atom is 0.0812 e. The molecule has 1 aliphatic heterocycles. The second-order valence-corrected chi connectivity index (χ2v) is 5.09. The van der Waals surface area contributed by atoms with E-state index in [2.05, 4.69) is 12.6 Å². The molecule has 0 radical (unpaired) electrons. The predicted molar refractivity (Wildman–Crippen MR) is 70.9 cm³/mol. The summed E-state index contributed by atoms with van der Waals surface area (Å²) >= 11 is 4.58. The smallest absolute Gasteiger partial charge is 0.0812 e. The van der Waals surface area contributed by atoms with Crippen molar-refractivity contribution < 1.29 is 14.3 Å². The summed E-state index contributed by atoms with van der Waals surface area (Å²) in [5.74, 6) is 0.278. The van der Waals surface area contributed by atoms with Crippen molar-refractivity contribution in [3.8, 4) is 0 Å². The molecule has 1 fully saturated rings. The third-order valence-electron chi connectivity index (χ3n) is 3.03. The lowest BCUT2D eigenvalue weighted by Gasteiger charge is -2.11. The van der Waals surface area contributed by atoms with Gasteiger partial charge in [0.1, 0.15) is 0 Å². The molecule has 0 amide bonds. The predicted octanol–water partition coefficient (Wildman–Crippen LogP) is 2.07. The third-order valence-corrected chi connectivity index (χ3v) is 3.20. The standard InChI is InChI=1S/C14H18O3S/c15-14(18)7-12-6-13(17-9-12)10-16-8-11-4-2-1-3-5-11/h1-5,12-13H,6-10H2,(H,15,18)/p-1. The monoisotopic (exact) mass is 265 g/mol. The fourth-order valence-corrected chi connectivity index (χ4v) is 2.39. The molecule has 0 N–H and O–H groups in total. The van der Waals surface area contributed by atoms with E-state index in [0.717, 1.165) is 12.0 Å². The van der Waals surface area contributed by atoms with E-state index in [1.54, 1.807) is 0 Å². The van der Waals surface area contributed by atoms with Crippen LogP contribution in [0.2, 0.25) is 0 Å². The van der Waals surface area contributed by atoms with Crippen LogP contribution >= 0.6 is 0 Å². The molecule has 0 aromatic heterocycles. The van der Waals surface area contributed by atoms with Gasteiger partial charge in [0.2, 0.25) is 0 Å². The van der Waals surface area contributed by atoms with Gasteiger partial charge < -0.3 is 26.9 Å². The fraction of sp³-hybridized carbons (Fsp3) is 0.500. The number of benzene rings is 1. The highest BCUT2D eigenvalue weighted by Crippen LogP contribution is 2.23. The highest BCUT2D eigenvalue weighted by Gasteiger charge is 2.25. The van der Waals surface area contributed by atoms with E-state index >= 15 is 0 Å². The molecule has 18 heavy (non-hydrogen) atoms. The van der Waals surface area contributed by atoms with E-state index in [0.29, 0.717) is 26.2 Å². The van der Waals surface area contributed by atoms with Gasteiger partial charge in [-0.05, 0) is 24.3 Å². The number of hydrogen-bond acceptors (Lipinski definition) is 4. The van der Waals surface area contributed by atoms with Crippen molar-refractivity contribution in [2.45, 2.75) is 25.6 Å². The Kier molecular flexibility index (Phi) is 5.11. The average Bonchev–Trinajstić information content (AvgIpc) is 2.77. The van der Waals surface area contributed by atoms with Gasteiger partial charge in [0.15, 0.2) is 0 Å². The molecule has 1 aliphatic rings. The molecule has 3 nitrogen and oxygen atoms in total. The van der Waals surface area contributed by atoms with Crippen molar-refractivity contribution in [2.75, 3.05) is 13.2 Å². The van der Waals surface area contributed by atoms with Crippen LogP contribution in [-0.4, -0.2) is 24.4 Å². The number of ether oxygens (including phenoxy) is 2. The van der Waals surface area contributed by atoms with Crippen molar-refractivity contribution in [1.82, 2.24) is 0 Å². The number of rotatable bonds is 6. The molecule has 0 bridgehead atoms. The van der Waals surface area contributed by atoms with Gasteiger partial charge in [-0.2, -0.15) is 0 Å². The van der Waals surface area contributed by atoms with Crippen LogP contribution in [0.5, 0.6) is 0 Å². The lowest BCUT2D eigenvalue weighted by molar-refractivity contribution is -0.111. The summed E-state index contributed by atoms with van der Waals surface area (Å²) < 4.78 is 11.2. The van der Waals surface area contributed by atoms with Crippen LogP contribution in [0.3, 0.4) is 0 Å². The third kappa shape index (κ3) is 4.37. The summed E-state index contributed by atoms with van der Waals surface area (Å²) in [6, 6.07) is 10.0. The molecule has 4 heteroatoms. The zero-order valence-electron chi connectivity index (χ0n) is 10.2. The topological polar surface area (TPSA) is 35.5 Å². The Morgan fingerprint density at radius 1 is 1.39 bits per heavy atom. The largest absolute Gasteiger partial charge is 0.742 e. The second kappa shape index (κ2) is 6.83. The van der Waals surface area contributed by atoms with Crippen LogP contribution in [0.15, 0.2) is 30.3 Å². The van der Waals surface area contributed by atoms with Crippen LogP contribution in [0.4, 0.5) is 0 Å². The lowest BCUT2D eigenvalue weighted by atomic mass is 10.0.